The summed E-state index contributed by atoms with van der Waals surface area (Å²) in [7, 11) is -1.75. The smallest absolute Gasteiger partial charge is 0.273 e. The molecule has 0 aliphatic carbocycles. The highest BCUT2D eigenvalue weighted by atomic mass is 32.2. The minimum absolute atomic E-state index is 0.0243. The Labute approximate surface area is 109 Å². The lowest BCUT2D eigenvalue weighted by atomic mass is 9.99. The molecule has 18 heavy (non-hydrogen) atoms. The Bertz CT molecular complexity index is 465. The van der Waals surface area contributed by atoms with Crippen LogP contribution in [0.4, 0.5) is 0 Å². The van der Waals surface area contributed by atoms with Gasteiger partial charge in [0.2, 0.25) is 5.09 Å². The molecule has 2 N–H and O–H groups in total. The second kappa shape index (κ2) is 6.36. The monoisotopic (exact) mass is 274 g/mol. The van der Waals surface area contributed by atoms with Crippen molar-refractivity contribution in [3.05, 3.63) is 17.9 Å². The second-order valence-corrected chi connectivity index (χ2v) is 6.52. The van der Waals surface area contributed by atoms with Crippen molar-refractivity contribution in [1.29, 1.82) is 0 Å². The number of rotatable bonds is 7. The predicted molar refractivity (Wildman–Crippen MR) is 70.7 cm³/mol. The molecule has 0 saturated carbocycles. The van der Waals surface area contributed by atoms with Gasteiger partial charge in [0.15, 0.2) is 0 Å². The lowest BCUT2D eigenvalue weighted by molar-refractivity contribution is 0.392. The Morgan fingerprint density at radius 1 is 1.28 bits per heavy atom. The predicted octanol–water partition coefficient (Wildman–Crippen LogP) is 1.57. The van der Waals surface area contributed by atoms with Crippen molar-refractivity contribution in [3.8, 4) is 0 Å². The molecule has 6 heteroatoms. The third-order valence-corrected chi connectivity index (χ3v) is 4.28. The first kappa shape index (κ1) is 15.2. The van der Waals surface area contributed by atoms with Crippen molar-refractivity contribution in [2.45, 2.75) is 32.4 Å². The Balaban J connectivity index is 2.68. The van der Waals surface area contributed by atoms with Gasteiger partial charge in [0.05, 0.1) is 6.54 Å². The fourth-order valence-corrected chi connectivity index (χ4v) is 2.41. The second-order valence-electron chi connectivity index (χ2n) is 4.82. The molecule has 1 rings (SSSR count). The van der Waals surface area contributed by atoms with E-state index < -0.39 is 10.0 Å². The third-order valence-electron chi connectivity index (χ3n) is 2.99. The summed E-state index contributed by atoms with van der Waals surface area (Å²) >= 11 is 0. The maximum Gasteiger partial charge on any atom is 0.273 e. The molecular weight excluding hydrogens is 252 g/mol. The highest BCUT2D eigenvalue weighted by molar-refractivity contribution is 7.89. The maximum atomic E-state index is 12.0. The summed E-state index contributed by atoms with van der Waals surface area (Å²) in [5.74, 6) is 1.32. The molecule has 1 aromatic rings. The zero-order valence-electron chi connectivity index (χ0n) is 11.4. The van der Waals surface area contributed by atoms with E-state index in [1.54, 1.807) is 13.1 Å². The van der Waals surface area contributed by atoms with Gasteiger partial charge in [-0.1, -0.05) is 20.8 Å². The number of hydrogen-bond acceptors (Lipinski definition) is 4. The molecule has 0 aliphatic rings. The van der Waals surface area contributed by atoms with Crippen molar-refractivity contribution < 1.29 is 12.8 Å². The molecule has 0 aromatic carbocycles. The van der Waals surface area contributed by atoms with Crippen LogP contribution in [-0.2, 0) is 16.6 Å². The van der Waals surface area contributed by atoms with E-state index in [4.69, 9.17) is 4.42 Å². The first-order valence-electron chi connectivity index (χ1n) is 6.09. The summed E-state index contributed by atoms with van der Waals surface area (Å²) in [6.45, 7) is 7.08. The molecule has 5 nitrogen and oxygen atoms in total. The zero-order chi connectivity index (χ0) is 13.8. The molecule has 0 radical (unpaired) electrons. The van der Waals surface area contributed by atoms with E-state index in [0.717, 1.165) is 0 Å². The van der Waals surface area contributed by atoms with E-state index in [0.29, 0.717) is 24.8 Å². The minimum Gasteiger partial charge on any atom is -0.447 e. The van der Waals surface area contributed by atoms with Gasteiger partial charge >= 0.3 is 0 Å². The molecule has 1 atom stereocenters. The van der Waals surface area contributed by atoms with Crippen LogP contribution in [0.3, 0.4) is 0 Å². The average Bonchev–Trinajstić information content (AvgIpc) is 2.75. The number of hydrogen-bond donors (Lipinski definition) is 2. The zero-order valence-corrected chi connectivity index (χ0v) is 12.2. The Kier molecular flexibility index (Phi) is 5.37. The quantitative estimate of drug-likeness (QED) is 0.791. The number of furan rings is 1. The summed E-state index contributed by atoms with van der Waals surface area (Å²) in [6.07, 6.45) is 0. The molecule has 0 bridgehead atoms. The Morgan fingerprint density at radius 2 is 1.94 bits per heavy atom. The average molecular weight is 274 g/mol. The van der Waals surface area contributed by atoms with Gasteiger partial charge in [-0.2, -0.15) is 0 Å². The van der Waals surface area contributed by atoms with Gasteiger partial charge in [0.1, 0.15) is 5.76 Å². The van der Waals surface area contributed by atoms with Crippen molar-refractivity contribution in [2.75, 3.05) is 13.6 Å². The molecule has 1 heterocycles. The first-order valence-corrected chi connectivity index (χ1v) is 7.58. The largest absolute Gasteiger partial charge is 0.447 e. The minimum atomic E-state index is -3.53. The van der Waals surface area contributed by atoms with E-state index in [9.17, 15) is 8.42 Å². The molecular formula is C12H22N2O3S. The van der Waals surface area contributed by atoms with Crippen LogP contribution in [0.25, 0.3) is 0 Å². The molecule has 0 aliphatic heterocycles. The molecule has 0 amide bonds. The maximum absolute atomic E-state index is 12.0. The van der Waals surface area contributed by atoms with E-state index in [2.05, 4.69) is 23.9 Å². The molecule has 0 saturated heterocycles. The van der Waals surface area contributed by atoms with Crippen LogP contribution >= 0.6 is 0 Å². The van der Waals surface area contributed by atoms with Gasteiger partial charge < -0.3 is 9.73 Å². The van der Waals surface area contributed by atoms with E-state index in [1.165, 1.54) is 6.07 Å². The van der Waals surface area contributed by atoms with Gasteiger partial charge in [-0.3, -0.25) is 0 Å². The Morgan fingerprint density at radius 3 is 2.50 bits per heavy atom. The van der Waals surface area contributed by atoms with Crippen LogP contribution in [0.5, 0.6) is 0 Å². The normalized spacial score (nSPS) is 14.1. The lowest BCUT2D eigenvalue weighted by Gasteiger charge is -2.15. The third kappa shape index (κ3) is 4.12. The van der Waals surface area contributed by atoms with Crippen LogP contribution in [0.15, 0.2) is 21.6 Å². The molecule has 0 spiro atoms. The van der Waals surface area contributed by atoms with Gasteiger partial charge in [-0.05, 0) is 31.0 Å². The van der Waals surface area contributed by atoms with E-state index >= 15 is 0 Å². The Hall–Kier alpha value is -0.850. The fourth-order valence-electron chi connectivity index (χ4n) is 1.32. The lowest BCUT2D eigenvalue weighted by Crippen LogP contribution is -2.30. The van der Waals surface area contributed by atoms with Crippen molar-refractivity contribution >= 4 is 10.0 Å². The van der Waals surface area contributed by atoms with Crippen LogP contribution in [0.2, 0.25) is 0 Å². The highest BCUT2D eigenvalue weighted by Gasteiger charge is 2.20. The van der Waals surface area contributed by atoms with Gasteiger partial charge in [0.25, 0.3) is 10.0 Å². The van der Waals surface area contributed by atoms with Crippen LogP contribution in [-0.4, -0.2) is 22.0 Å². The fraction of sp³-hybridized carbons (Fsp3) is 0.667. The van der Waals surface area contributed by atoms with E-state index in [-0.39, 0.29) is 11.0 Å². The molecule has 104 valence electrons. The standard InChI is InChI=1S/C12H22N2O3S/c1-9(2)10(3)7-14-18(15,16)12-6-5-11(17-12)8-13-4/h5-6,9-10,13-14H,7-8H2,1-4H3. The van der Waals surface area contributed by atoms with Crippen LogP contribution < -0.4 is 10.0 Å². The highest BCUT2D eigenvalue weighted by Crippen LogP contribution is 2.15. The summed E-state index contributed by atoms with van der Waals surface area (Å²) in [6, 6.07) is 3.14. The number of sulfonamides is 1. The summed E-state index contributed by atoms with van der Waals surface area (Å²) < 4.78 is 31.7. The van der Waals surface area contributed by atoms with Crippen LogP contribution in [0.1, 0.15) is 26.5 Å². The van der Waals surface area contributed by atoms with Gasteiger partial charge in [-0.25, -0.2) is 13.1 Å². The summed E-state index contributed by atoms with van der Waals surface area (Å²) in [4.78, 5) is 0. The SMILES string of the molecule is CNCc1ccc(S(=O)(=O)NCC(C)C(C)C)o1. The molecule has 1 unspecified atom stereocenters. The summed E-state index contributed by atoms with van der Waals surface area (Å²) in [5.41, 5.74) is 0. The van der Waals surface area contributed by atoms with Crippen molar-refractivity contribution in [2.24, 2.45) is 11.8 Å². The summed E-state index contributed by atoms with van der Waals surface area (Å²) in [5, 5.41) is 2.88. The first-order chi connectivity index (χ1) is 8.36. The van der Waals surface area contributed by atoms with Gasteiger partial charge in [-0.15, -0.1) is 0 Å². The molecule has 0 fully saturated rings. The number of nitrogens with one attached hydrogen (secondary N) is 2. The van der Waals surface area contributed by atoms with E-state index in [1.807, 2.05) is 6.92 Å². The van der Waals surface area contributed by atoms with Crippen LogP contribution in [0, 0.1) is 11.8 Å². The van der Waals surface area contributed by atoms with Crippen molar-refractivity contribution in [3.63, 3.8) is 0 Å². The van der Waals surface area contributed by atoms with Gasteiger partial charge in [0, 0.05) is 6.54 Å². The molecule has 1 aromatic heterocycles. The van der Waals surface area contributed by atoms with Crippen molar-refractivity contribution in [1.82, 2.24) is 10.0 Å². The topological polar surface area (TPSA) is 71.3 Å².